The smallest absolute Gasteiger partial charge is 0.158 e. The van der Waals surface area contributed by atoms with E-state index >= 15 is 0 Å². The van der Waals surface area contributed by atoms with E-state index in [0.29, 0.717) is 6.61 Å². The Bertz CT molecular complexity index is 553. The van der Waals surface area contributed by atoms with Crippen LogP contribution >= 0.6 is 0 Å². The summed E-state index contributed by atoms with van der Waals surface area (Å²) in [6, 6.07) is 18.5. The van der Waals surface area contributed by atoms with E-state index in [1.807, 2.05) is 25.2 Å². The van der Waals surface area contributed by atoms with Gasteiger partial charge in [0.25, 0.3) is 0 Å². The van der Waals surface area contributed by atoms with Crippen molar-refractivity contribution in [3.8, 4) is 0 Å². The molecule has 1 saturated heterocycles. The van der Waals surface area contributed by atoms with Gasteiger partial charge in [-0.25, -0.2) is 0 Å². The minimum absolute atomic E-state index is 0.0390. The number of hydrogen-bond acceptors (Lipinski definition) is 3. The van der Waals surface area contributed by atoms with E-state index in [-0.39, 0.29) is 12.3 Å². The Kier molecular flexibility index (Phi) is 3.83. The summed E-state index contributed by atoms with van der Waals surface area (Å²) in [5.74, 6) is 0. The van der Waals surface area contributed by atoms with E-state index in [4.69, 9.17) is 9.57 Å². The van der Waals surface area contributed by atoms with Crippen LogP contribution in [-0.4, -0.2) is 18.7 Å². The summed E-state index contributed by atoms with van der Waals surface area (Å²) in [6.07, 6.45) is -0.182. The Morgan fingerprint density at radius 3 is 2.30 bits per heavy atom. The van der Waals surface area contributed by atoms with Gasteiger partial charge in [0.1, 0.15) is 6.10 Å². The van der Waals surface area contributed by atoms with Gasteiger partial charge in [-0.05, 0) is 18.1 Å². The van der Waals surface area contributed by atoms with Crippen LogP contribution in [0.4, 0.5) is 0 Å². The van der Waals surface area contributed by atoms with Crippen LogP contribution in [0.2, 0.25) is 0 Å². The lowest BCUT2D eigenvalue weighted by Gasteiger charge is -2.37. The van der Waals surface area contributed by atoms with Crippen molar-refractivity contribution in [1.82, 2.24) is 5.06 Å². The standard InChI is InChI=1S/C17H19NO2/c1-13-8-10-15(11-9-13)17-18(2)20-16(12-19-17)14-6-4-3-5-7-14/h3-11,16-17H,12H2,1-2H3/t16-,17-/m0/s1. The quantitative estimate of drug-likeness (QED) is 0.831. The molecular weight excluding hydrogens is 250 g/mol. The molecule has 0 saturated carbocycles. The van der Waals surface area contributed by atoms with Crippen LogP contribution in [0.25, 0.3) is 0 Å². The SMILES string of the molecule is Cc1ccc([C@@H]2OC[C@@H](c3ccccc3)ON2C)cc1. The number of hydrogen-bond donors (Lipinski definition) is 0. The van der Waals surface area contributed by atoms with Crippen molar-refractivity contribution in [2.45, 2.75) is 19.3 Å². The van der Waals surface area contributed by atoms with Gasteiger partial charge in [0.15, 0.2) is 6.23 Å². The van der Waals surface area contributed by atoms with Crippen molar-refractivity contribution in [2.24, 2.45) is 0 Å². The van der Waals surface area contributed by atoms with Crippen LogP contribution in [-0.2, 0) is 9.57 Å². The Morgan fingerprint density at radius 2 is 1.65 bits per heavy atom. The zero-order valence-electron chi connectivity index (χ0n) is 11.8. The van der Waals surface area contributed by atoms with Crippen LogP contribution in [0.5, 0.6) is 0 Å². The fraction of sp³-hybridized carbons (Fsp3) is 0.294. The first-order chi connectivity index (χ1) is 9.74. The van der Waals surface area contributed by atoms with Crippen LogP contribution in [0.15, 0.2) is 54.6 Å². The lowest BCUT2D eigenvalue weighted by Crippen LogP contribution is -2.36. The first kappa shape index (κ1) is 13.3. The zero-order chi connectivity index (χ0) is 13.9. The minimum Gasteiger partial charge on any atom is -0.354 e. The topological polar surface area (TPSA) is 21.7 Å². The van der Waals surface area contributed by atoms with Gasteiger partial charge < -0.3 is 4.74 Å². The van der Waals surface area contributed by atoms with E-state index < -0.39 is 0 Å². The number of rotatable bonds is 2. The molecule has 104 valence electrons. The molecule has 1 heterocycles. The molecule has 2 atom stereocenters. The number of aryl methyl sites for hydroxylation is 1. The van der Waals surface area contributed by atoms with Crippen molar-refractivity contribution < 1.29 is 9.57 Å². The molecule has 1 fully saturated rings. The highest BCUT2D eigenvalue weighted by molar-refractivity contribution is 5.23. The van der Waals surface area contributed by atoms with Gasteiger partial charge in [-0.15, -0.1) is 0 Å². The Morgan fingerprint density at radius 1 is 0.950 bits per heavy atom. The van der Waals surface area contributed by atoms with E-state index in [0.717, 1.165) is 11.1 Å². The minimum atomic E-state index is -0.143. The Hall–Kier alpha value is -1.68. The predicted molar refractivity (Wildman–Crippen MR) is 77.9 cm³/mol. The van der Waals surface area contributed by atoms with Crippen LogP contribution < -0.4 is 0 Å². The molecule has 0 amide bonds. The third-order valence-corrected chi connectivity index (χ3v) is 3.56. The average Bonchev–Trinajstić information content (AvgIpc) is 2.49. The average molecular weight is 269 g/mol. The second-order valence-electron chi connectivity index (χ2n) is 5.15. The van der Waals surface area contributed by atoms with Crippen molar-refractivity contribution in [3.63, 3.8) is 0 Å². The summed E-state index contributed by atoms with van der Waals surface area (Å²) in [6.45, 7) is 2.64. The van der Waals surface area contributed by atoms with Crippen molar-refractivity contribution in [2.75, 3.05) is 13.7 Å². The summed E-state index contributed by atoms with van der Waals surface area (Å²) >= 11 is 0. The van der Waals surface area contributed by atoms with Gasteiger partial charge in [0, 0.05) is 7.05 Å². The number of hydroxylamine groups is 2. The normalized spacial score (nSPS) is 23.7. The van der Waals surface area contributed by atoms with Gasteiger partial charge in [0.2, 0.25) is 0 Å². The molecule has 0 unspecified atom stereocenters. The van der Waals surface area contributed by atoms with Gasteiger partial charge in [-0.2, -0.15) is 5.06 Å². The van der Waals surface area contributed by atoms with Crippen molar-refractivity contribution >= 4 is 0 Å². The second kappa shape index (κ2) is 5.75. The van der Waals surface area contributed by atoms with Gasteiger partial charge in [0.05, 0.1) is 6.61 Å². The molecule has 1 aliphatic heterocycles. The number of benzene rings is 2. The molecule has 0 spiro atoms. The summed E-state index contributed by atoms with van der Waals surface area (Å²) in [5, 5.41) is 1.80. The summed E-state index contributed by atoms with van der Waals surface area (Å²) < 4.78 is 5.98. The lowest BCUT2D eigenvalue weighted by atomic mass is 10.1. The zero-order valence-corrected chi connectivity index (χ0v) is 11.8. The molecule has 0 bridgehead atoms. The molecule has 1 aliphatic rings. The first-order valence-electron chi connectivity index (χ1n) is 6.87. The molecular formula is C17H19NO2. The van der Waals surface area contributed by atoms with Crippen molar-refractivity contribution in [3.05, 3.63) is 71.3 Å². The first-order valence-corrected chi connectivity index (χ1v) is 6.87. The monoisotopic (exact) mass is 269 g/mol. The summed E-state index contributed by atoms with van der Waals surface area (Å²) in [7, 11) is 1.92. The fourth-order valence-corrected chi connectivity index (χ4v) is 2.43. The van der Waals surface area contributed by atoms with Gasteiger partial charge in [-0.3, -0.25) is 4.84 Å². The molecule has 0 aliphatic carbocycles. The molecule has 2 aromatic rings. The maximum absolute atomic E-state index is 5.98. The number of ether oxygens (including phenoxy) is 1. The highest BCUT2D eigenvalue weighted by Gasteiger charge is 2.29. The van der Waals surface area contributed by atoms with Crippen molar-refractivity contribution in [1.29, 1.82) is 0 Å². The fourth-order valence-electron chi connectivity index (χ4n) is 2.43. The van der Waals surface area contributed by atoms with E-state index in [1.165, 1.54) is 5.56 Å². The van der Waals surface area contributed by atoms with E-state index in [1.54, 1.807) is 5.06 Å². The molecule has 3 rings (SSSR count). The summed E-state index contributed by atoms with van der Waals surface area (Å²) in [4.78, 5) is 5.98. The molecule has 0 aromatic heterocycles. The van der Waals surface area contributed by atoms with Crippen LogP contribution in [0.1, 0.15) is 29.0 Å². The third kappa shape index (κ3) is 2.75. The van der Waals surface area contributed by atoms with Crippen LogP contribution in [0.3, 0.4) is 0 Å². The molecule has 3 heteroatoms. The highest BCUT2D eigenvalue weighted by atomic mass is 16.7. The summed E-state index contributed by atoms with van der Waals surface area (Å²) in [5.41, 5.74) is 3.50. The predicted octanol–water partition coefficient (Wildman–Crippen LogP) is 3.63. The second-order valence-corrected chi connectivity index (χ2v) is 5.15. The Labute approximate surface area is 119 Å². The molecule has 20 heavy (non-hydrogen) atoms. The maximum Gasteiger partial charge on any atom is 0.158 e. The lowest BCUT2D eigenvalue weighted by molar-refractivity contribution is -0.326. The highest BCUT2D eigenvalue weighted by Crippen LogP contribution is 2.32. The maximum atomic E-state index is 5.98. The molecule has 3 nitrogen and oxygen atoms in total. The van der Waals surface area contributed by atoms with E-state index in [2.05, 4.69) is 43.3 Å². The Balaban J connectivity index is 1.72. The molecule has 0 radical (unpaired) electrons. The molecule has 2 aromatic carbocycles. The van der Waals surface area contributed by atoms with Crippen LogP contribution in [0, 0.1) is 6.92 Å². The van der Waals surface area contributed by atoms with Gasteiger partial charge in [-0.1, -0.05) is 60.2 Å². The number of nitrogens with zero attached hydrogens (tertiary/aromatic N) is 1. The molecule has 0 N–H and O–H groups in total. The third-order valence-electron chi connectivity index (χ3n) is 3.56. The van der Waals surface area contributed by atoms with E-state index in [9.17, 15) is 0 Å². The van der Waals surface area contributed by atoms with Gasteiger partial charge >= 0.3 is 0 Å². The largest absolute Gasteiger partial charge is 0.354 e.